The highest BCUT2D eigenvalue weighted by Crippen LogP contribution is 2.49. The lowest BCUT2D eigenvalue weighted by molar-refractivity contribution is -0.160. The number of aliphatic hydroxyl groups excluding tert-OH is 2. The van der Waals surface area contributed by atoms with E-state index in [1.165, 1.54) is 27.2 Å². The molecule has 6 rings (SSSR count). The number of carbonyl (C=O) groups excluding carboxylic acids is 3. The number of carbonyl (C=O) groups is 3. The number of phenolic OH excluding ortho intramolecular Hbond substituents is 2. The van der Waals surface area contributed by atoms with Gasteiger partial charge < -0.3 is 44.7 Å². The van der Waals surface area contributed by atoms with E-state index in [0.717, 1.165) is 19.6 Å². The fourth-order valence-corrected chi connectivity index (χ4v) is 9.07. The number of hydrogen-bond acceptors (Lipinski definition) is 14. The van der Waals surface area contributed by atoms with Gasteiger partial charge in [-0.05, 0) is 32.8 Å². The molecule has 4 bridgehead atoms. The zero-order chi connectivity index (χ0) is 44.7. The van der Waals surface area contributed by atoms with Crippen LogP contribution in [0, 0.1) is 30.6 Å². The van der Waals surface area contributed by atoms with Gasteiger partial charge in [0.15, 0.2) is 5.75 Å². The molecule has 15 heteroatoms. The highest BCUT2D eigenvalue weighted by molar-refractivity contribution is 6.19. The summed E-state index contributed by atoms with van der Waals surface area (Å²) in [6.45, 7) is 19.1. The molecule has 4 heterocycles. The Morgan fingerprint density at radius 1 is 1.02 bits per heavy atom. The maximum Gasteiger partial charge on any atom is 0.312 e. The number of ketones is 1. The second-order valence-electron chi connectivity index (χ2n) is 17.3. The van der Waals surface area contributed by atoms with Gasteiger partial charge in [0.05, 0.1) is 53.0 Å². The molecular formula is C46H60N4O11. The molecule has 330 valence electrons. The molecule has 1 saturated heterocycles. The Labute approximate surface area is 356 Å². The Bertz CT molecular complexity index is 2310. The molecule has 0 radical (unpaired) electrons. The van der Waals surface area contributed by atoms with Crippen LogP contribution in [0.4, 0.5) is 5.69 Å². The average Bonchev–Trinajstić information content (AvgIpc) is 3.49. The van der Waals surface area contributed by atoms with Crippen LogP contribution < -0.4 is 20.8 Å². The molecule has 1 spiro atoms. The Balaban J connectivity index is 1.56. The van der Waals surface area contributed by atoms with E-state index < -0.39 is 82.8 Å². The predicted molar refractivity (Wildman–Crippen MR) is 228 cm³/mol. The third-order valence-corrected chi connectivity index (χ3v) is 13.0. The van der Waals surface area contributed by atoms with Crippen molar-refractivity contribution in [2.75, 3.05) is 38.6 Å². The minimum Gasteiger partial charge on any atom is -0.507 e. The number of methoxy groups -OCH3 is 1. The number of likely N-dealkylation sites (tertiary alicyclic amines) is 1. The van der Waals surface area contributed by atoms with Crippen LogP contribution in [0.1, 0.15) is 77.2 Å². The molecule has 5 N–H and O–H groups in total. The number of rotatable bonds is 4. The Kier molecular flexibility index (Phi) is 13.2. The number of piperidine rings is 1. The number of amides is 1. The van der Waals surface area contributed by atoms with Crippen molar-refractivity contribution in [1.29, 1.82) is 0 Å². The molecule has 15 nitrogen and oxygen atoms in total. The molecule has 1 unspecified atom stereocenters. The van der Waals surface area contributed by atoms with E-state index in [-0.39, 0.29) is 61.9 Å². The summed E-state index contributed by atoms with van der Waals surface area (Å²) in [6, 6.07) is 0. The quantitative estimate of drug-likeness (QED) is 0.166. The van der Waals surface area contributed by atoms with Crippen LogP contribution in [0.3, 0.4) is 0 Å². The Morgan fingerprint density at radius 3 is 2.34 bits per heavy atom. The van der Waals surface area contributed by atoms with Crippen molar-refractivity contribution in [1.82, 2.24) is 4.90 Å². The van der Waals surface area contributed by atoms with Gasteiger partial charge in [-0.1, -0.05) is 52.0 Å². The highest BCUT2D eigenvalue weighted by Gasteiger charge is 2.50. The molecular weight excluding hydrogens is 785 g/mol. The van der Waals surface area contributed by atoms with E-state index in [1.54, 1.807) is 65.8 Å². The number of anilines is 1. The smallest absolute Gasteiger partial charge is 0.312 e. The molecule has 4 aliphatic rings. The first-order valence-corrected chi connectivity index (χ1v) is 20.9. The third kappa shape index (κ3) is 8.45. The highest BCUT2D eigenvalue weighted by atomic mass is 16.7. The van der Waals surface area contributed by atoms with Crippen LogP contribution in [-0.4, -0.2) is 112 Å². The molecule has 1 fully saturated rings. The molecule has 0 aromatic heterocycles. The van der Waals surface area contributed by atoms with Crippen molar-refractivity contribution < 1.29 is 53.8 Å². The Morgan fingerprint density at radius 2 is 1.70 bits per heavy atom. The van der Waals surface area contributed by atoms with E-state index >= 15 is 0 Å². The molecule has 0 aliphatic carbocycles. The SMILES string of the molecule is C=CCN1CCC2(CC1)CN=c1c3c(O)c4c(O)c(C)c5c(c4c1=N2)C(=O)[C@@](C)(O/C=C/[C@H](OC)C(C)[C@@H](OC(C)=O)[C@H](C)[C@H](O)[C@H](C)[C@@H](O)[C@@H](C)/C=C/C=C(/C)C(=O)N3)O5. The van der Waals surface area contributed by atoms with E-state index in [2.05, 4.69) is 16.8 Å². The normalized spacial score (nSPS) is 32.7. The number of benzene rings is 2. The van der Waals surface area contributed by atoms with Gasteiger partial charge in [0.25, 0.3) is 11.7 Å². The standard InChI is InChI=1S/C46H60N4O11/c1-11-18-50-19-16-46(17-20-50)22-47-35-34(49-46)31-32-39(54)28(7)42-33(31)43(56)45(9,61-42)59-21-15-30(58-10)25(4)41(60-29(8)51)27(6)38(53)26(5)37(52)23(2)13-12-14-24(3)44(57)48-36(35)40(32)55/h11-15,21,23,25-27,30,37-38,41,52-55H,1,16-20,22H2,2-10H3,(H,48,57)/b13-12+,21-15+,24-14-/t23-,25?,26+,27+,30-,37-,38+,41+,45-/m0/s1. The molecule has 2 aromatic rings. The van der Waals surface area contributed by atoms with Gasteiger partial charge >= 0.3 is 11.8 Å². The lowest BCUT2D eigenvalue weighted by Gasteiger charge is -2.39. The van der Waals surface area contributed by atoms with E-state index in [0.29, 0.717) is 12.8 Å². The topological polar surface area (TPSA) is 209 Å². The first-order chi connectivity index (χ1) is 28.8. The van der Waals surface area contributed by atoms with E-state index in [9.17, 15) is 34.8 Å². The number of nitrogens with one attached hydrogen (secondary N) is 1. The van der Waals surface area contributed by atoms with Crippen LogP contribution >= 0.6 is 0 Å². The fraction of sp³-hybridized carbons (Fsp3) is 0.543. The Hall–Kier alpha value is -5.09. The summed E-state index contributed by atoms with van der Waals surface area (Å²) in [5, 5.41) is 50.1. The minimum atomic E-state index is -1.97. The maximum absolute atomic E-state index is 14.8. The summed E-state index contributed by atoms with van der Waals surface area (Å²) in [7, 11) is 1.47. The number of nitrogens with zero attached hydrogens (tertiary/aromatic N) is 3. The van der Waals surface area contributed by atoms with Crippen LogP contribution in [0.5, 0.6) is 17.2 Å². The second kappa shape index (κ2) is 17.7. The second-order valence-corrected chi connectivity index (χ2v) is 17.3. The van der Waals surface area contributed by atoms with Crippen LogP contribution in [0.15, 0.2) is 58.8 Å². The monoisotopic (exact) mass is 844 g/mol. The number of aromatic hydroxyl groups is 2. The van der Waals surface area contributed by atoms with Crippen molar-refractivity contribution in [2.24, 2.45) is 33.7 Å². The summed E-state index contributed by atoms with van der Waals surface area (Å²) in [5.41, 5.74) is -0.319. The number of fused-ring (bicyclic) bond motifs is 1. The van der Waals surface area contributed by atoms with Crippen molar-refractivity contribution in [3.05, 3.63) is 70.6 Å². The van der Waals surface area contributed by atoms with Crippen molar-refractivity contribution >= 4 is 34.1 Å². The molecule has 61 heavy (non-hydrogen) atoms. The van der Waals surface area contributed by atoms with Crippen LogP contribution in [0.2, 0.25) is 0 Å². The average molecular weight is 845 g/mol. The number of esters is 1. The molecule has 4 aliphatic heterocycles. The zero-order valence-corrected chi connectivity index (χ0v) is 36.5. The van der Waals surface area contributed by atoms with E-state index in [4.69, 9.17) is 28.9 Å². The number of aliphatic hydroxyl groups is 2. The van der Waals surface area contributed by atoms with Gasteiger partial charge in [0.2, 0.25) is 0 Å². The zero-order valence-electron chi connectivity index (χ0n) is 36.5. The molecule has 1 amide bonds. The number of ether oxygens (including phenoxy) is 4. The van der Waals surface area contributed by atoms with Gasteiger partial charge in [-0.3, -0.25) is 29.3 Å². The fourth-order valence-electron chi connectivity index (χ4n) is 9.07. The minimum absolute atomic E-state index is 0.0289. The molecule has 0 saturated carbocycles. The van der Waals surface area contributed by atoms with Gasteiger partial charge in [-0.15, -0.1) is 6.58 Å². The number of hydrogen-bond donors (Lipinski definition) is 5. The summed E-state index contributed by atoms with van der Waals surface area (Å²) < 4.78 is 24.0. The summed E-state index contributed by atoms with van der Waals surface area (Å²) in [4.78, 5) is 53.6. The van der Waals surface area contributed by atoms with Crippen LogP contribution in [-0.2, 0) is 23.8 Å². The summed E-state index contributed by atoms with van der Waals surface area (Å²) in [5.74, 6) is -6.97. The van der Waals surface area contributed by atoms with Crippen molar-refractivity contribution in [2.45, 2.75) is 104 Å². The third-order valence-electron chi connectivity index (χ3n) is 13.0. The number of phenols is 2. The predicted octanol–water partition coefficient (Wildman–Crippen LogP) is 4.32. The summed E-state index contributed by atoms with van der Waals surface area (Å²) >= 11 is 0. The number of allylic oxidation sites excluding steroid dienone is 2. The van der Waals surface area contributed by atoms with Gasteiger partial charge in [0, 0.05) is 80.8 Å². The van der Waals surface area contributed by atoms with Gasteiger partial charge in [-0.25, -0.2) is 0 Å². The number of Topliss-reactive ketones (excluding diaryl/α,β-unsaturated/α-hetero) is 1. The first-order valence-electron chi connectivity index (χ1n) is 20.9. The van der Waals surface area contributed by atoms with Crippen LogP contribution in [0.25, 0.3) is 10.8 Å². The maximum atomic E-state index is 14.8. The van der Waals surface area contributed by atoms with Gasteiger partial charge in [0.1, 0.15) is 28.6 Å². The largest absolute Gasteiger partial charge is 0.507 e. The molecule has 9 atom stereocenters. The van der Waals surface area contributed by atoms with Crippen molar-refractivity contribution in [3.8, 4) is 17.2 Å². The van der Waals surface area contributed by atoms with Crippen molar-refractivity contribution in [3.63, 3.8) is 0 Å². The summed E-state index contributed by atoms with van der Waals surface area (Å²) in [6.07, 6.45) is 7.04. The lowest BCUT2D eigenvalue weighted by atomic mass is 9.78. The first kappa shape index (κ1) is 45.4. The molecule has 2 aromatic carbocycles. The van der Waals surface area contributed by atoms with E-state index in [1.807, 2.05) is 6.08 Å². The van der Waals surface area contributed by atoms with Gasteiger partial charge in [-0.2, -0.15) is 0 Å². The lowest BCUT2D eigenvalue weighted by Crippen LogP contribution is -2.50.